The highest BCUT2D eigenvalue weighted by Gasteiger charge is 2.41. The zero-order valence-corrected chi connectivity index (χ0v) is 14.9. The van der Waals surface area contributed by atoms with Crippen LogP contribution in [0.2, 0.25) is 10.0 Å². The van der Waals surface area contributed by atoms with Crippen molar-refractivity contribution in [3.63, 3.8) is 0 Å². The van der Waals surface area contributed by atoms with Gasteiger partial charge < -0.3 is 10.2 Å². The summed E-state index contributed by atoms with van der Waals surface area (Å²) in [6, 6.07) is 3.23. The number of rotatable bonds is 5. The molecule has 1 aromatic carbocycles. The monoisotopic (exact) mass is 405 g/mol. The van der Waals surface area contributed by atoms with E-state index in [1.807, 2.05) is 0 Å². The Morgan fingerprint density at radius 2 is 1.88 bits per heavy atom. The molecule has 0 aliphatic carbocycles. The summed E-state index contributed by atoms with van der Waals surface area (Å²) in [5.41, 5.74) is 0.395. The Hall–Kier alpha value is -1.61. The van der Waals surface area contributed by atoms with Gasteiger partial charge in [-0.2, -0.15) is 0 Å². The van der Waals surface area contributed by atoms with Gasteiger partial charge in [-0.3, -0.25) is 14.5 Å². The van der Waals surface area contributed by atoms with Crippen molar-refractivity contribution in [2.45, 2.75) is 12.5 Å². The zero-order valence-electron chi connectivity index (χ0n) is 11.7. The predicted molar refractivity (Wildman–Crippen MR) is 95.2 cm³/mol. The minimum absolute atomic E-state index is 0.0388. The van der Waals surface area contributed by atoms with E-state index in [4.69, 9.17) is 40.5 Å². The Kier molecular flexibility index (Phi) is 5.87. The van der Waals surface area contributed by atoms with Gasteiger partial charge in [0.1, 0.15) is 10.4 Å². The normalized spacial score (nSPS) is 17.4. The van der Waals surface area contributed by atoms with Crippen LogP contribution in [0.15, 0.2) is 23.1 Å². The highest BCUT2D eigenvalue weighted by atomic mass is 35.5. The van der Waals surface area contributed by atoms with Crippen molar-refractivity contribution < 1.29 is 24.6 Å². The van der Waals surface area contributed by atoms with Crippen molar-refractivity contribution >= 4 is 75.4 Å². The Bertz CT molecular complexity index is 760. The fraction of sp³-hybridized carbons (Fsp3) is 0.143. The number of carbonyl (C=O) groups excluding carboxylic acids is 1. The molecule has 1 aromatic rings. The Morgan fingerprint density at radius 1 is 1.29 bits per heavy atom. The lowest BCUT2D eigenvalue weighted by Crippen LogP contribution is -2.45. The molecule has 6 nitrogen and oxygen atoms in total. The molecule has 2 N–H and O–H groups in total. The van der Waals surface area contributed by atoms with Crippen molar-refractivity contribution in [1.82, 2.24) is 4.90 Å². The average Bonchev–Trinajstić information content (AvgIpc) is 2.75. The smallest absolute Gasteiger partial charge is 0.327 e. The molecule has 0 saturated carbocycles. The number of carboxylic acids is 2. The minimum Gasteiger partial charge on any atom is -0.481 e. The molecule has 0 bridgehead atoms. The van der Waals surface area contributed by atoms with Crippen LogP contribution in [0, 0.1) is 0 Å². The van der Waals surface area contributed by atoms with E-state index in [9.17, 15) is 19.5 Å². The van der Waals surface area contributed by atoms with Crippen LogP contribution in [0.5, 0.6) is 0 Å². The van der Waals surface area contributed by atoms with Crippen LogP contribution < -0.4 is 0 Å². The van der Waals surface area contributed by atoms with Crippen LogP contribution in [0.3, 0.4) is 0 Å². The number of thiocarbonyl (C=S) groups is 1. The number of aliphatic carboxylic acids is 2. The van der Waals surface area contributed by atoms with E-state index in [-0.39, 0.29) is 9.23 Å². The first-order valence-corrected chi connectivity index (χ1v) is 8.36. The van der Waals surface area contributed by atoms with Gasteiger partial charge in [0, 0.05) is 15.6 Å². The van der Waals surface area contributed by atoms with Gasteiger partial charge in [-0.15, -0.1) is 0 Å². The standard InChI is InChI=1S/C14H9Cl2NO5S2/c15-7-2-1-3-8(16)6(7)4-10-12(20)17(14(23)24-10)9(13(21)22)5-11(18)19/h1-4,9H,5H2,(H,18,19)(H,21,22)/b10-4-/t9-/m1/s1. The fourth-order valence-electron chi connectivity index (χ4n) is 1.98. The highest BCUT2D eigenvalue weighted by molar-refractivity contribution is 8.26. The first kappa shape index (κ1) is 18.7. The van der Waals surface area contributed by atoms with Gasteiger partial charge in [-0.1, -0.05) is 53.2 Å². The predicted octanol–water partition coefficient (Wildman–Crippen LogP) is 3.12. The third kappa shape index (κ3) is 3.89. The molecule has 1 fully saturated rings. The molecule has 24 heavy (non-hydrogen) atoms. The molecule has 0 radical (unpaired) electrons. The van der Waals surface area contributed by atoms with E-state index in [1.165, 1.54) is 6.08 Å². The summed E-state index contributed by atoms with van der Waals surface area (Å²) in [7, 11) is 0. The van der Waals surface area contributed by atoms with Crippen LogP contribution in [-0.2, 0) is 14.4 Å². The van der Waals surface area contributed by atoms with E-state index >= 15 is 0 Å². The van der Waals surface area contributed by atoms with Crippen molar-refractivity contribution in [1.29, 1.82) is 0 Å². The molecule has 10 heteroatoms. The van der Waals surface area contributed by atoms with Gasteiger partial charge in [-0.05, 0) is 18.2 Å². The van der Waals surface area contributed by atoms with Gasteiger partial charge >= 0.3 is 11.9 Å². The summed E-state index contributed by atoms with van der Waals surface area (Å²) in [6.07, 6.45) is 0.644. The van der Waals surface area contributed by atoms with Crippen LogP contribution in [-0.4, -0.2) is 43.3 Å². The van der Waals surface area contributed by atoms with E-state index in [0.29, 0.717) is 15.6 Å². The van der Waals surface area contributed by atoms with E-state index in [1.54, 1.807) is 18.2 Å². The molecule has 126 valence electrons. The second-order valence-electron chi connectivity index (χ2n) is 4.64. The molecule has 1 amide bonds. The fourth-order valence-corrected chi connectivity index (χ4v) is 3.83. The number of benzene rings is 1. The number of carboxylic acid groups (broad SMARTS) is 2. The molecule has 1 aliphatic heterocycles. The SMILES string of the molecule is O=C(O)C[C@H](C(=O)O)N1C(=O)/C(=C/c2c(Cl)cccc2Cl)SC1=S. The van der Waals surface area contributed by atoms with Gasteiger partial charge in [-0.25, -0.2) is 4.79 Å². The first-order valence-electron chi connectivity index (χ1n) is 6.38. The van der Waals surface area contributed by atoms with E-state index in [2.05, 4.69) is 0 Å². The molecule has 0 spiro atoms. The Labute approximate surface area is 156 Å². The van der Waals surface area contributed by atoms with Crippen molar-refractivity contribution in [3.05, 3.63) is 38.7 Å². The highest BCUT2D eigenvalue weighted by Crippen LogP contribution is 2.37. The molecule has 1 aliphatic rings. The number of halogens is 2. The number of hydrogen-bond acceptors (Lipinski definition) is 5. The van der Waals surface area contributed by atoms with Crippen LogP contribution in [0.1, 0.15) is 12.0 Å². The number of nitrogens with zero attached hydrogens (tertiary/aromatic N) is 1. The summed E-state index contributed by atoms with van der Waals surface area (Å²) < 4.78 is -0.0388. The minimum atomic E-state index is -1.58. The maximum absolute atomic E-state index is 12.5. The molecule has 0 unspecified atom stereocenters. The van der Waals surface area contributed by atoms with Crippen LogP contribution in [0.4, 0.5) is 0 Å². The largest absolute Gasteiger partial charge is 0.481 e. The number of amides is 1. The molecule has 1 atom stereocenters. The lowest BCUT2D eigenvalue weighted by Gasteiger charge is -2.21. The van der Waals surface area contributed by atoms with E-state index in [0.717, 1.165) is 16.7 Å². The first-order chi connectivity index (χ1) is 11.2. The van der Waals surface area contributed by atoms with Gasteiger partial charge in [0.2, 0.25) is 0 Å². The van der Waals surface area contributed by atoms with Gasteiger partial charge in [0.25, 0.3) is 5.91 Å². The second kappa shape index (κ2) is 7.52. The third-order valence-electron chi connectivity index (χ3n) is 3.06. The topological polar surface area (TPSA) is 94.9 Å². The zero-order chi connectivity index (χ0) is 18.0. The van der Waals surface area contributed by atoms with Crippen LogP contribution >= 0.6 is 47.2 Å². The summed E-state index contributed by atoms with van der Waals surface area (Å²) in [5.74, 6) is -3.50. The number of carbonyl (C=O) groups is 3. The molecule has 1 heterocycles. The Morgan fingerprint density at radius 3 is 2.38 bits per heavy atom. The van der Waals surface area contributed by atoms with Crippen molar-refractivity contribution in [2.24, 2.45) is 0 Å². The Balaban J connectivity index is 2.39. The summed E-state index contributed by atoms with van der Waals surface area (Å²) in [5, 5.41) is 18.7. The number of thioether (sulfide) groups is 1. The van der Waals surface area contributed by atoms with Gasteiger partial charge in [0.15, 0.2) is 0 Å². The maximum Gasteiger partial charge on any atom is 0.327 e. The lowest BCUT2D eigenvalue weighted by atomic mass is 10.1. The van der Waals surface area contributed by atoms with Gasteiger partial charge in [0.05, 0.1) is 11.3 Å². The van der Waals surface area contributed by atoms with Crippen LogP contribution in [0.25, 0.3) is 6.08 Å². The summed E-state index contributed by atoms with van der Waals surface area (Å²) in [4.78, 5) is 35.5. The lowest BCUT2D eigenvalue weighted by molar-refractivity contribution is -0.150. The summed E-state index contributed by atoms with van der Waals surface area (Å²) >= 11 is 18.0. The molecular formula is C14H9Cl2NO5S2. The second-order valence-corrected chi connectivity index (χ2v) is 7.13. The van der Waals surface area contributed by atoms with E-state index < -0.39 is 30.3 Å². The molecule has 1 saturated heterocycles. The molecular weight excluding hydrogens is 397 g/mol. The van der Waals surface area contributed by atoms with Crippen molar-refractivity contribution in [2.75, 3.05) is 0 Å². The maximum atomic E-state index is 12.5. The average molecular weight is 406 g/mol. The van der Waals surface area contributed by atoms with Crippen molar-refractivity contribution in [3.8, 4) is 0 Å². The quantitative estimate of drug-likeness (QED) is 0.573. The molecule has 0 aromatic heterocycles. The third-order valence-corrected chi connectivity index (χ3v) is 5.05. The summed E-state index contributed by atoms with van der Waals surface area (Å²) in [6.45, 7) is 0. The molecule has 2 rings (SSSR count). The number of hydrogen-bond donors (Lipinski definition) is 2.